The molecule has 0 radical (unpaired) electrons. The van der Waals surface area contributed by atoms with Crippen LogP contribution in [-0.4, -0.2) is 25.2 Å². The molecule has 0 heterocycles. The minimum atomic E-state index is -0.672. The van der Waals surface area contributed by atoms with Crippen LogP contribution >= 0.6 is 0 Å². The van der Waals surface area contributed by atoms with Gasteiger partial charge in [0.2, 0.25) is 0 Å². The summed E-state index contributed by atoms with van der Waals surface area (Å²) in [6.07, 6.45) is 1.72. The summed E-state index contributed by atoms with van der Waals surface area (Å²) >= 11 is 0. The van der Waals surface area contributed by atoms with E-state index in [0.717, 1.165) is 5.56 Å². The highest BCUT2D eigenvalue weighted by Crippen LogP contribution is 2.04. The van der Waals surface area contributed by atoms with E-state index in [-0.39, 0.29) is 0 Å². The normalized spacial score (nSPS) is 11.1. The van der Waals surface area contributed by atoms with Crippen molar-refractivity contribution >= 4 is 12.0 Å². The fourth-order valence-electron chi connectivity index (χ4n) is 1.28. The lowest BCUT2D eigenvalue weighted by molar-refractivity contribution is -0.143. The molecule has 1 N–H and O–H groups in total. The van der Waals surface area contributed by atoms with Crippen LogP contribution in [-0.2, 0) is 20.7 Å². The van der Waals surface area contributed by atoms with Crippen LogP contribution in [0.15, 0.2) is 35.4 Å². The molecule has 0 bridgehead atoms. The number of carbonyl (C=O) groups excluding carboxylic acids is 2. The van der Waals surface area contributed by atoms with Gasteiger partial charge in [-0.05, 0) is 5.56 Å². The van der Waals surface area contributed by atoms with Gasteiger partial charge in [0, 0.05) is 6.42 Å². The largest absolute Gasteiger partial charge is 0.467 e. The summed E-state index contributed by atoms with van der Waals surface area (Å²) in [4.78, 5) is 21.3. The van der Waals surface area contributed by atoms with Crippen LogP contribution in [0.3, 0.4) is 0 Å². The van der Waals surface area contributed by atoms with Gasteiger partial charge in [-0.1, -0.05) is 35.4 Å². The van der Waals surface area contributed by atoms with Gasteiger partial charge < -0.3 is 4.74 Å². The molecule has 5 heteroatoms. The Morgan fingerprint density at radius 3 is 2.75 bits per heavy atom. The summed E-state index contributed by atoms with van der Waals surface area (Å²) < 4.78 is 4.59. The number of hydrazone groups is 1. The Morgan fingerprint density at radius 2 is 2.19 bits per heavy atom. The molecule has 1 unspecified atom stereocenters. The number of nitrogens with one attached hydrogen (secondary N) is 1. The first kappa shape index (κ1) is 11.9. The van der Waals surface area contributed by atoms with E-state index in [1.54, 1.807) is 0 Å². The molecule has 0 fully saturated rings. The second kappa shape index (κ2) is 6.37. The number of methoxy groups -OCH3 is 1. The summed E-state index contributed by atoms with van der Waals surface area (Å²) in [5, 5.41) is 3.18. The molecule has 0 aliphatic carbocycles. The van der Waals surface area contributed by atoms with E-state index in [0.29, 0.717) is 6.42 Å². The second-order valence-electron chi connectivity index (χ2n) is 3.10. The molecular weight excluding hydrogens is 208 g/mol. The zero-order valence-corrected chi connectivity index (χ0v) is 8.84. The molecule has 0 spiro atoms. The van der Waals surface area contributed by atoms with E-state index in [1.165, 1.54) is 13.2 Å². The number of hydrogen-bond acceptors (Lipinski definition) is 5. The standard InChI is InChI=1S/C11H12N2O3/c1-16-11(15)10(13-12-8-14)7-9-5-3-2-4-6-9/h2-6,10,13H,7H2,1H3. The third kappa shape index (κ3) is 3.55. The fourth-order valence-corrected chi connectivity index (χ4v) is 1.28. The van der Waals surface area contributed by atoms with E-state index in [9.17, 15) is 9.59 Å². The van der Waals surface area contributed by atoms with E-state index in [2.05, 4.69) is 15.3 Å². The highest BCUT2D eigenvalue weighted by Gasteiger charge is 2.18. The molecule has 84 valence electrons. The SMILES string of the molecule is COC(=O)C(Cc1ccccc1)NN=C=O. The molecule has 0 aromatic heterocycles. The van der Waals surface area contributed by atoms with Crippen molar-refractivity contribution in [2.75, 3.05) is 7.11 Å². The lowest BCUT2D eigenvalue weighted by Gasteiger charge is -2.12. The third-order valence-corrected chi connectivity index (χ3v) is 2.03. The van der Waals surface area contributed by atoms with Gasteiger partial charge in [-0.25, -0.2) is 9.59 Å². The lowest BCUT2D eigenvalue weighted by atomic mass is 10.1. The second-order valence-corrected chi connectivity index (χ2v) is 3.10. The fraction of sp³-hybridized carbons (Fsp3) is 0.273. The summed E-state index contributed by atoms with van der Waals surface area (Å²) in [7, 11) is 1.28. The monoisotopic (exact) mass is 220 g/mol. The van der Waals surface area contributed by atoms with Crippen molar-refractivity contribution in [3.8, 4) is 0 Å². The Hall–Kier alpha value is -2.13. The summed E-state index contributed by atoms with van der Waals surface area (Å²) in [5.41, 5.74) is 3.35. The zero-order chi connectivity index (χ0) is 11.8. The maximum atomic E-state index is 11.3. The molecule has 0 saturated carbocycles. The van der Waals surface area contributed by atoms with Crippen molar-refractivity contribution in [3.05, 3.63) is 35.9 Å². The van der Waals surface area contributed by atoms with Crippen LogP contribution in [0.5, 0.6) is 0 Å². The van der Waals surface area contributed by atoms with E-state index in [4.69, 9.17) is 0 Å². The number of rotatable bonds is 5. The highest BCUT2D eigenvalue weighted by atomic mass is 16.5. The molecule has 0 amide bonds. The summed E-state index contributed by atoms with van der Waals surface area (Å²) in [6, 6.07) is 8.70. The molecule has 1 aromatic rings. The summed E-state index contributed by atoms with van der Waals surface area (Å²) in [5.74, 6) is -0.470. The first-order valence-corrected chi connectivity index (χ1v) is 4.72. The van der Waals surface area contributed by atoms with Crippen LogP contribution in [0, 0.1) is 0 Å². The Labute approximate surface area is 93.1 Å². The maximum absolute atomic E-state index is 11.3. The average molecular weight is 220 g/mol. The van der Waals surface area contributed by atoms with Gasteiger partial charge in [0.25, 0.3) is 6.08 Å². The van der Waals surface area contributed by atoms with Gasteiger partial charge in [0.05, 0.1) is 7.11 Å². The Balaban J connectivity index is 2.70. The Morgan fingerprint density at radius 1 is 1.50 bits per heavy atom. The van der Waals surface area contributed by atoms with Crippen molar-refractivity contribution in [1.29, 1.82) is 0 Å². The van der Waals surface area contributed by atoms with Crippen LogP contribution in [0.4, 0.5) is 0 Å². The van der Waals surface area contributed by atoms with E-state index >= 15 is 0 Å². The van der Waals surface area contributed by atoms with Gasteiger partial charge in [0.1, 0.15) is 6.04 Å². The van der Waals surface area contributed by atoms with Crippen molar-refractivity contribution in [2.45, 2.75) is 12.5 Å². The molecule has 0 saturated heterocycles. The predicted molar refractivity (Wildman–Crippen MR) is 57.2 cm³/mol. The predicted octanol–water partition coefficient (Wildman–Crippen LogP) is 0.611. The third-order valence-electron chi connectivity index (χ3n) is 2.03. The van der Waals surface area contributed by atoms with Gasteiger partial charge in [-0.3, -0.25) is 5.43 Å². The first-order chi connectivity index (χ1) is 7.77. The van der Waals surface area contributed by atoms with Crippen LogP contribution in [0.2, 0.25) is 0 Å². The molecule has 1 aromatic carbocycles. The van der Waals surface area contributed by atoms with Crippen molar-refractivity contribution < 1.29 is 14.3 Å². The molecule has 0 aliphatic heterocycles. The van der Waals surface area contributed by atoms with Crippen molar-refractivity contribution in [1.82, 2.24) is 5.43 Å². The maximum Gasteiger partial charge on any atom is 0.330 e. The Kier molecular flexibility index (Phi) is 4.76. The minimum absolute atomic E-state index is 0.401. The van der Waals surface area contributed by atoms with E-state index in [1.807, 2.05) is 30.3 Å². The molecule has 16 heavy (non-hydrogen) atoms. The van der Waals surface area contributed by atoms with Gasteiger partial charge >= 0.3 is 5.97 Å². The summed E-state index contributed by atoms with van der Waals surface area (Å²) in [6.45, 7) is 0. The lowest BCUT2D eigenvalue weighted by Crippen LogP contribution is -2.36. The number of hydrogen-bond donors (Lipinski definition) is 1. The topological polar surface area (TPSA) is 67.8 Å². The van der Waals surface area contributed by atoms with Crippen LogP contribution < -0.4 is 5.43 Å². The van der Waals surface area contributed by atoms with Gasteiger partial charge in [-0.15, -0.1) is 0 Å². The Bertz CT molecular complexity index is 385. The minimum Gasteiger partial charge on any atom is -0.467 e. The average Bonchev–Trinajstić information content (AvgIpc) is 2.34. The quantitative estimate of drug-likeness (QED) is 0.341. The number of nitrogens with zero attached hydrogens (tertiary/aromatic N) is 1. The number of isocyanates is 1. The van der Waals surface area contributed by atoms with Crippen LogP contribution in [0.1, 0.15) is 5.56 Å². The molecule has 1 atom stereocenters. The van der Waals surface area contributed by atoms with E-state index < -0.39 is 12.0 Å². The number of benzene rings is 1. The number of carbonyl (C=O) groups is 1. The van der Waals surface area contributed by atoms with Gasteiger partial charge in [-0.2, -0.15) is 0 Å². The highest BCUT2D eigenvalue weighted by molar-refractivity contribution is 5.76. The number of esters is 1. The molecular formula is C11H12N2O3. The van der Waals surface area contributed by atoms with Crippen molar-refractivity contribution in [2.24, 2.45) is 5.10 Å². The first-order valence-electron chi connectivity index (χ1n) is 4.72. The number of ether oxygens (including phenoxy) is 1. The molecule has 5 nitrogen and oxygen atoms in total. The zero-order valence-electron chi connectivity index (χ0n) is 8.84. The van der Waals surface area contributed by atoms with Crippen molar-refractivity contribution in [3.63, 3.8) is 0 Å². The van der Waals surface area contributed by atoms with Crippen LogP contribution in [0.25, 0.3) is 0 Å². The molecule has 0 aliphatic rings. The smallest absolute Gasteiger partial charge is 0.330 e. The molecule has 1 rings (SSSR count). The van der Waals surface area contributed by atoms with Gasteiger partial charge in [0.15, 0.2) is 0 Å².